The topological polar surface area (TPSA) is 35.5 Å². The Hall–Kier alpha value is -1.61. The Balaban J connectivity index is 1.93. The minimum atomic E-state index is -0.959. The quantitative estimate of drug-likeness (QED) is 0.275. The summed E-state index contributed by atoms with van der Waals surface area (Å²) in [7, 11) is 0. The molecule has 0 radical (unpaired) electrons. The molecule has 25 heavy (non-hydrogen) atoms. The number of benzene rings is 3. The van der Waals surface area contributed by atoms with Crippen molar-refractivity contribution in [3.63, 3.8) is 0 Å². The molecule has 1 spiro atoms. The van der Waals surface area contributed by atoms with Crippen LogP contribution in [0.3, 0.4) is 0 Å². The number of halogens is 2. The first kappa shape index (κ1) is 15.6. The van der Waals surface area contributed by atoms with Crippen LogP contribution in [0.4, 0.5) is 0 Å². The highest BCUT2D eigenvalue weighted by atomic mass is 127. The lowest BCUT2D eigenvalue weighted by molar-refractivity contribution is 0.0224. The molecule has 0 unspecified atom stereocenters. The molecule has 0 aromatic heterocycles. The van der Waals surface area contributed by atoms with Crippen molar-refractivity contribution in [3.8, 4) is 11.5 Å². The standard InChI is InChI=1S/C20H10I2O3/c21-11-5-7-17-15(9-11)20(16-10-12(22)6-8-18(16)24-17)14-4-2-1-3-13(14)19(23)25-20/h1-10H. The van der Waals surface area contributed by atoms with E-state index in [-0.39, 0.29) is 5.97 Å². The van der Waals surface area contributed by atoms with E-state index in [1.165, 1.54) is 0 Å². The molecule has 0 fully saturated rings. The van der Waals surface area contributed by atoms with Gasteiger partial charge in [0.05, 0.1) is 5.56 Å². The van der Waals surface area contributed by atoms with Gasteiger partial charge in [0.1, 0.15) is 11.5 Å². The Bertz CT molecular complexity index is 1010. The second kappa shape index (κ2) is 5.44. The first-order valence-corrected chi connectivity index (χ1v) is 9.86. The number of rotatable bonds is 0. The fourth-order valence-corrected chi connectivity index (χ4v) is 4.60. The fourth-order valence-electron chi connectivity index (χ4n) is 3.61. The second-order valence-corrected chi connectivity index (χ2v) is 8.49. The maximum atomic E-state index is 12.7. The number of carbonyl (C=O) groups is 1. The number of esters is 1. The molecule has 3 aromatic carbocycles. The SMILES string of the molecule is O=C1OC2(c3cc(I)ccc3Oc3ccc(I)cc32)c2ccccc21. The zero-order chi connectivity index (χ0) is 17.2. The molecule has 5 rings (SSSR count). The average Bonchev–Trinajstić information content (AvgIpc) is 2.91. The van der Waals surface area contributed by atoms with Gasteiger partial charge in [-0.25, -0.2) is 4.79 Å². The van der Waals surface area contributed by atoms with Gasteiger partial charge in [0.25, 0.3) is 0 Å². The van der Waals surface area contributed by atoms with E-state index in [1.807, 2.05) is 60.7 Å². The molecule has 2 aliphatic rings. The zero-order valence-electron chi connectivity index (χ0n) is 12.8. The molecule has 0 amide bonds. The molecule has 0 bridgehead atoms. The summed E-state index contributed by atoms with van der Waals surface area (Å²) in [6.07, 6.45) is 0. The van der Waals surface area contributed by atoms with E-state index < -0.39 is 5.60 Å². The van der Waals surface area contributed by atoms with Gasteiger partial charge in [-0.3, -0.25) is 0 Å². The van der Waals surface area contributed by atoms with Crippen LogP contribution in [0.1, 0.15) is 27.0 Å². The number of fused-ring (bicyclic) bond motifs is 6. The third kappa shape index (κ3) is 2.11. The van der Waals surface area contributed by atoms with Gasteiger partial charge in [0, 0.05) is 23.8 Å². The van der Waals surface area contributed by atoms with Gasteiger partial charge < -0.3 is 9.47 Å². The summed E-state index contributed by atoms with van der Waals surface area (Å²) in [6, 6.07) is 19.5. The molecule has 5 heteroatoms. The van der Waals surface area contributed by atoms with E-state index in [1.54, 1.807) is 0 Å². The summed E-state index contributed by atoms with van der Waals surface area (Å²) < 4.78 is 14.4. The van der Waals surface area contributed by atoms with E-state index in [2.05, 4.69) is 45.2 Å². The Morgan fingerprint density at radius 1 is 0.760 bits per heavy atom. The molecule has 0 saturated carbocycles. The number of carbonyl (C=O) groups excluding carboxylic acids is 1. The first-order chi connectivity index (χ1) is 12.1. The Morgan fingerprint density at radius 3 is 2.00 bits per heavy atom. The second-order valence-electron chi connectivity index (χ2n) is 6.00. The summed E-state index contributed by atoms with van der Waals surface area (Å²) in [4.78, 5) is 12.7. The van der Waals surface area contributed by atoms with E-state index in [4.69, 9.17) is 9.47 Å². The lowest BCUT2D eigenvalue weighted by Crippen LogP contribution is -2.33. The molecular formula is C20H10I2O3. The minimum Gasteiger partial charge on any atom is -0.456 e. The van der Waals surface area contributed by atoms with Gasteiger partial charge in [-0.1, -0.05) is 18.2 Å². The van der Waals surface area contributed by atoms with Gasteiger partial charge in [-0.2, -0.15) is 0 Å². The van der Waals surface area contributed by atoms with Crippen molar-refractivity contribution in [1.29, 1.82) is 0 Å². The Morgan fingerprint density at radius 2 is 1.36 bits per heavy atom. The molecule has 2 aliphatic heterocycles. The smallest absolute Gasteiger partial charge is 0.340 e. The molecule has 0 atom stereocenters. The lowest BCUT2D eigenvalue weighted by Gasteiger charge is -2.36. The van der Waals surface area contributed by atoms with Gasteiger partial charge in [0.15, 0.2) is 5.60 Å². The van der Waals surface area contributed by atoms with Crippen LogP contribution in [0.15, 0.2) is 60.7 Å². The minimum absolute atomic E-state index is 0.299. The van der Waals surface area contributed by atoms with Crippen LogP contribution in [-0.4, -0.2) is 5.97 Å². The summed E-state index contributed by atoms with van der Waals surface area (Å²) in [6.45, 7) is 0. The van der Waals surface area contributed by atoms with Crippen molar-refractivity contribution in [2.24, 2.45) is 0 Å². The molecule has 0 saturated heterocycles. The molecule has 2 heterocycles. The van der Waals surface area contributed by atoms with E-state index in [9.17, 15) is 4.79 Å². The van der Waals surface area contributed by atoms with E-state index in [0.29, 0.717) is 5.56 Å². The van der Waals surface area contributed by atoms with Crippen LogP contribution in [0, 0.1) is 7.14 Å². The molecule has 0 N–H and O–H groups in total. The van der Waals surface area contributed by atoms with Gasteiger partial charge in [-0.05, 0) is 87.6 Å². The molecule has 3 nitrogen and oxygen atoms in total. The summed E-state index contributed by atoms with van der Waals surface area (Å²) >= 11 is 4.54. The largest absolute Gasteiger partial charge is 0.456 e. The van der Waals surface area contributed by atoms with Gasteiger partial charge >= 0.3 is 5.97 Å². The van der Waals surface area contributed by atoms with Crippen LogP contribution < -0.4 is 4.74 Å². The summed E-state index contributed by atoms with van der Waals surface area (Å²) in [5.41, 5.74) is 2.26. The van der Waals surface area contributed by atoms with Gasteiger partial charge in [0.2, 0.25) is 0 Å². The molecule has 3 aromatic rings. The lowest BCUT2D eigenvalue weighted by atomic mass is 9.78. The zero-order valence-corrected chi connectivity index (χ0v) is 17.1. The molecule has 0 aliphatic carbocycles. The van der Waals surface area contributed by atoms with Gasteiger partial charge in [-0.15, -0.1) is 0 Å². The predicted octanol–water partition coefficient (Wildman–Crippen LogP) is 5.46. The van der Waals surface area contributed by atoms with E-state index in [0.717, 1.165) is 35.3 Å². The van der Waals surface area contributed by atoms with Crippen LogP contribution in [0.25, 0.3) is 0 Å². The third-order valence-corrected chi connectivity index (χ3v) is 5.98. The fraction of sp³-hybridized carbons (Fsp3) is 0.0500. The van der Waals surface area contributed by atoms with Crippen molar-refractivity contribution in [3.05, 3.63) is 90.1 Å². The Labute approximate surface area is 171 Å². The summed E-state index contributed by atoms with van der Waals surface area (Å²) in [5, 5.41) is 0. The first-order valence-electron chi connectivity index (χ1n) is 7.70. The molecule has 122 valence electrons. The van der Waals surface area contributed by atoms with Crippen molar-refractivity contribution in [2.45, 2.75) is 5.60 Å². The van der Waals surface area contributed by atoms with Crippen LogP contribution in [-0.2, 0) is 10.3 Å². The Kier molecular flexibility index (Phi) is 3.40. The highest BCUT2D eigenvalue weighted by Gasteiger charge is 2.53. The number of ether oxygens (including phenoxy) is 2. The van der Waals surface area contributed by atoms with Crippen LogP contribution >= 0.6 is 45.2 Å². The number of hydrogen-bond acceptors (Lipinski definition) is 3. The monoisotopic (exact) mass is 552 g/mol. The van der Waals surface area contributed by atoms with Crippen LogP contribution in [0.5, 0.6) is 11.5 Å². The molecular weight excluding hydrogens is 542 g/mol. The normalized spacial score (nSPS) is 15.8. The maximum absolute atomic E-state index is 12.7. The van der Waals surface area contributed by atoms with Crippen molar-refractivity contribution >= 4 is 51.2 Å². The highest BCUT2D eigenvalue weighted by molar-refractivity contribution is 14.1. The average molecular weight is 552 g/mol. The van der Waals surface area contributed by atoms with Crippen LogP contribution in [0.2, 0.25) is 0 Å². The maximum Gasteiger partial charge on any atom is 0.340 e. The number of hydrogen-bond donors (Lipinski definition) is 0. The van der Waals surface area contributed by atoms with E-state index >= 15 is 0 Å². The summed E-state index contributed by atoms with van der Waals surface area (Å²) in [5.74, 6) is 1.14. The third-order valence-electron chi connectivity index (χ3n) is 4.63. The highest BCUT2D eigenvalue weighted by Crippen LogP contribution is 2.56. The van der Waals surface area contributed by atoms with Crippen molar-refractivity contribution < 1.29 is 14.3 Å². The predicted molar refractivity (Wildman–Crippen MR) is 110 cm³/mol. The van der Waals surface area contributed by atoms with Crippen molar-refractivity contribution in [1.82, 2.24) is 0 Å². The van der Waals surface area contributed by atoms with Crippen molar-refractivity contribution in [2.75, 3.05) is 0 Å².